The summed E-state index contributed by atoms with van der Waals surface area (Å²) < 4.78 is 5.07. The fourth-order valence-electron chi connectivity index (χ4n) is 3.05. The molecule has 0 spiro atoms. The number of thioether (sulfide) groups is 2. The zero-order valence-electron chi connectivity index (χ0n) is 18.6. The molecule has 0 saturated carbocycles. The van der Waals surface area contributed by atoms with E-state index in [-0.39, 0.29) is 17.3 Å². The third kappa shape index (κ3) is 7.44. The lowest BCUT2D eigenvalue weighted by molar-refractivity contribution is -0.139. The van der Waals surface area contributed by atoms with Gasteiger partial charge in [0.1, 0.15) is 6.04 Å². The molecule has 1 atom stereocenters. The van der Waals surface area contributed by atoms with Crippen molar-refractivity contribution in [2.45, 2.75) is 23.9 Å². The van der Waals surface area contributed by atoms with Gasteiger partial charge in [0, 0.05) is 23.8 Å². The van der Waals surface area contributed by atoms with E-state index in [2.05, 4.69) is 10.3 Å². The Bertz CT molecular complexity index is 1130. The first-order valence-electron chi connectivity index (χ1n) is 10.5. The zero-order valence-corrected chi connectivity index (χ0v) is 20.2. The van der Waals surface area contributed by atoms with Crippen LogP contribution in [0.15, 0.2) is 78.0 Å². The van der Waals surface area contributed by atoms with Gasteiger partial charge in [-0.15, -0.1) is 0 Å². The van der Waals surface area contributed by atoms with Crippen molar-refractivity contribution in [2.24, 2.45) is 5.73 Å². The second kappa shape index (κ2) is 12.9. The van der Waals surface area contributed by atoms with E-state index in [9.17, 15) is 14.4 Å². The third-order valence-electron chi connectivity index (χ3n) is 4.80. The van der Waals surface area contributed by atoms with Crippen molar-refractivity contribution in [3.63, 3.8) is 0 Å². The summed E-state index contributed by atoms with van der Waals surface area (Å²) in [4.78, 5) is 42.1. The number of benzene rings is 2. The first-order chi connectivity index (χ1) is 16.5. The first-order valence-corrected chi connectivity index (χ1v) is 12.7. The Morgan fingerprint density at radius 3 is 2.59 bits per heavy atom. The second-order valence-corrected chi connectivity index (χ2v) is 9.31. The average Bonchev–Trinajstić information content (AvgIpc) is 2.86. The van der Waals surface area contributed by atoms with Gasteiger partial charge in [-0.05, 0) is 71.1 Å². The van der Waals surface area contributed by atoms with Crippen LogP contribution in [0.5, 0.6) is 0 Å². The summed E-state index contributed by atoms with van der Waals surface area (Å²) in [5.74, 6) is -0.813. The van der Waals surface area contributed by atoms with Crippen LogP contribution in [-0.2, 0) is 16.1 Å². The normalized spacial score (nSPS) is 11.5. The maximum Gasteiger partial charge on any atom is 0.346 e. The maximum absolute atomic E-state index is 12.8. The van der Waals surface area contributed by atoms with Gasteiger partial charge < -0.3 is 15.8 Å². The van der Waals surface area contributed by atoms with Gasteiger partial charge in [0.05, 0.1) is 5.56 Å². The summed E-state index contributed by atoms with van der Waals surface area (Å²) in [6.45, 7) is 0.264. The summed E-state index contributed by atoms with van der Waals surface area (Å²) in [5.41, 5.74) is 8.26. The van der Waals surface area contributed by atoms with Crippen molar-refractivity contribution in [1.82, 2.24) is 10.3 Å². The van der Waals surface area contributed by atoms with Crippen molar-refractivity contribution in [2.75, 3.05) is 12.0 Å². The van der Waals surface area contributed by atoms with Crippen LogP contribution in [0.4, 0.5) is 4.79 Å². The Labute approximate surface area is 206 Å². The minimum absolute atomic E-state index is 0.220. The molecule has 0 aliphatic carbocycles. The number of rotatable bonds is 9. The van der Waals surface area contributed by atoms with Gasteiger partial charge in [-0.25, -0.2) is 9.59 Å². The SMILES string of the molecule is CSCC[C@H](N)C(=O)OC(=O)c1ccc(CNC(=O)Sc2cccnc2)cc1-c1ccccc1. The summed E-state index contributed by atoms with van der Waals surface area (Å²) in [6.07, 6.45) is 5.60. The van der Waals surface area contributed by atoms with Gasteiger partial charge in [-0.3, -0.25) is 9.78 Å². The number of pyridine rings is 1. The fourth-order valence-corrected chi connectivity index (χ4v) is 4.15. The predicted molar refractivity (Wildman–Crippen MR) is 136 cm³/mol. The number of nitrogens with two attached hydrogens (primary N) is 1. The molecular formula is C25H25N3O4S2. The van der Waals surface area contributed by atoms with Gasteiger partial charge in [-0.1, -0.05) is 36.4 Å². The summed E-state index contributed by atoms with van der Waals surface area (Å²) in [6, 6.07) is 17.1. The molecular weight excluding hydrogens is 470 g/mol. The van der Waals surface area contributed by atoms with E-state index in [0.29, 0.717) is 17.7 Å². The van der Waals surface area contributed by atoms with E-state index < -0.39 is 18.0 Å². The Balaban J connectivity index is 1.75. The predicted octanol–water partition coefficient (Wildman–Crippen LogP) is 4.51. The van der Waals surface area contributed by atoms with Crippen molar-refractivity contribution >= 4 is 40.7 Å². The van der Waals surface area contributed by atoms with Crippen LogP contribution in [0.1, 0.15) is 22.3 Å². The number of hydrogen-bond donors (Lipinski definition) is 2. The molecule has 3 rings (SSSR count). The lowest BCUT2D eigenvalue weighted by Crippen LogP contribution is -2.34. The van der Waals surface area contributed by atoms with Crippen molar-refractivity contribution < 1.29 is 19.1 Å². The molecule has 0 unspecified atom stereocenters. The first kappa shape index (κ1) is 25.5. The molecule has 1 heterocycles. The van der Waals surface area contributed by atoms with E-state index in [1.807, 2.05) is 36.6 Å². The van der Waals surface area contributed by atoms with E-state index in [0.717, 1.165) is 27.8 Å². The molecule has 7 nitrogen and oxygen atoms in total. The fraction of sp³-hybridized carbons (Fsp3) is 0.200. The molecule has 176 valence electrons. The van der Waals surface area contributed by atoms with Crippen LogP contribution in [0, 0.1) is 0 Å². The quantitative estimate of drug-likeness (QED) is 0.253. The zero-order chi connectivity index (χ0) is 24.3. The maximum atomic E-state index is 12.8. The van der Waals surface area contributed by atoms with Crippen LogP contribution in [-0.4, -0.2) is 40.2 Å². The van der Waals surface area contributed by atoms with Crippen molar-refractivity contribution in [1.29, 1.82) is 0 Å². The number of nitrogens with one attached hydrogen (secondary N) is 1. The minimum atomic E-state index is -0.858. The summed E-state index contributed by atoms with van der Waals surface area (Å²) >= 11 is 2.61. The van der Waals surface area contributed by atoms with Crippen LogP contribution >= 0.6 is 23.5 Å². The highest BCUT2D eigenvalue weighted by molar-refractivity contribution is 8.13. The van der Waals surface area contributed by atoms with Gasteiger partial charge in [0.2, 0.25) is 0 Å². The minimum Gasteiger partial charge on any atom is -0.388 e. The topological polar surface area (TPSA) is 111 Å². The largest absolute Gasteiger partial charge is 0.388 e. The van der Waals surface area contributed by atoms with Gasteiger partial charge in [-0.2, -0.15) is 11.8 Å². The van der Waals surface area contributed by atoms with Crippen LogP contribution in [0.3, 0.4) is 0 Å². The molecule has 0 aliphatic heterocycles. The standard InChI is InChI=1S/C25H25N3O4S2/c1-33-13-11-22(26)24(30)32-23(29)20-10-9-17(14-21(20)18-6-3-2-4-7-18)15-28-25(31)34-19-8-5-12-27-16-19/h2-10,12,14,16,22H,11,13,15,26H2,1H3,(H,28,31)/t22-/m0/s1. The number of esters is 2. The number of carbonyl (C=O) groups is 3. The highest BCUT2D eigenvalue weighted by Crippen LogP contribution is 2.26. The number of carbonyl (C=O) groups excluding carboxylic acids is 3. The Morgan fingerprint density at radius 2 is 1.88 bits per heavy atom. The molecule has 9 heteroatoms. The highest BCUT2D eigenvalue weighted by atomic mass is 32.2. The molecule has 2 aromatic carbocycles. The molecule has 0 fully saturated rings. The Kier molecular flexibility index (Phi) is 9.69. The summed E-state index contributed by atoms with van der Waals surface area (Å²) in [5, 5.41) is 2.63. The van der Waals surface area contributed by atoms with E-state index in [1.165, 1.54) is 0 Å². The number of ether oxygens (including phenoxy) is 1. The van der Waals surface area contributed by atoms with E-state index >= 15 is 0 Å². The smallest absolute Gasteiger partial charge is 0.346 e. The molecule has 3 N–H and O–H groups in total. The van der Waals surface area contributed by atoms with Crippen molar-refractivity contribution in [3.8, 4) is 11.1 Å². The van der Waals surface area contributed by atoms with E-state index in [1.54, 1.807) is 54.5 Å². The van der Waals surface area contributed by atoms with Crippen LogP contribution in [0.25, 0.3) is 11.1 Å². The molecule has 0 aliphatic rings. The molecule has 34 heavy (non-hydrogen) atoms. The molecule has 0 radical (unpaired) electrons. The molecule has 1 aromatic heterocycles. The van der Waals surface area contributed by atoms with E-state index in [4.69, 9.17) is 10.5 Å². The van der Waals surface area contributed by atoms with Gasteiger partial charge in [0.15, 0.2) is 0 Å². The summed E-state index contributed by atoms with van der Waals surface area (Å²) in [7, 11) is 0. The lowest BCUT2D eigenvalue weighted by Gasteiger charge is -2.14. The second-order valence-electron chi connectivity index (χ2n) is 7.27. The van der Waals surface area contributed by atoms with Crippen molar-refractivity contribution in [3.05, 3.63) is 84.2 Å². The Hall–Kier alpha value is -3.14. The number of aromatic nitrogens is 1. The highest BCUT2D eigenvalue weighted by Gasteiger charge is 2.22. The lowest BCUT2D eigenvalue weighted by atomic mass is 9.97. The Morgan fingerprint density at radius 1 is 1.09 bits per heavy atom. The molecule has 1 amide bonds. The monoisotopic (exact) mass is 495 g/mol. The van der Waals surface area contributed by atoms with Crippen LogP contribution < -0.4 is 11.1 Å². The van der Waals surface area contributed by atoms with Gasteiger partial charge in [0.25, 0.3) is 5.24 Å². The van der Waals surface area contributed by atoms with Crippen LogP contribution in [0.2, 0.25) is 0 Å². The molecule has 0 saturated heterocycles. The third-order valence-corrected chi connectivity index (χ3v) is 6.25. The molecule has 3 aromatic rings. The molecule has 0 bridgehead atoms. The number of amides is 1. The number of hydrogen-bond acceptors (Lipinski definition) is 8. The average molecular weight is 496 g/mol. The van der Waals surface area contributed by atoms with Gasteiger partial charge >= 0.3 is 11.9 Å². The number of nitrogens with zero attached hydrogens (tertiary/aromatic N) is 1.